The van der Waals surface area contributed by atoms with Crippen LogP contribution in [0.2, 0.25) is 0 Å². The highest BCUT2D eigenvalue weighted by molar-refractivity contribution is 7.13. The Labute approximate surface area is 184 Å². The fourth-order valence-corrected chi connectivity index (χ4v) is 3.83. The summed E-state index contributed by atoms with van der Waals surface area (Å²) in [6.45, 7) is 6.89. The van der Waals surface area contributed by atoms with Crippen LogP contribution in [0.15, 0.2) is 24.4 Å². The summed E-state index contributed by atoms with van der Waals surface area (Å²) in [6, 6.07) is 5.96. The van der Waals surface area contributed by atoms with Gasteiger partial charge in [-0.05, 0) is 38.8 Å². The highest BCUT2D eigenvalue weighted by atomic mass is 32.1. The van der Waals surface area contributed by atoms with Crippen molar-refractivity contribution in [2.24, 2.45) is 5.92 Å². The molecular weight excluding hydrogens is 416 g/mol. The zero-order valence-corrected chi connectivity index (χ0v) is 18.5. The average molecular weight is 441 g/mol. The van der Waals surface area contributed by atoms with Gasteiger partial charge in [0.15, 0.2) is 0 Å². The van der Waals surface area contributed by atoms with Crippen LogP contribution in [0.4, 0.5) is 5.82 Å². The molecule has 2 atom stereocenters. The normalized spacial score (nSPS) is 17.3. The van der Waals surface area contributed by atoms with Crippen LogP contribution >= 0.6 is 11.3 Å². The number of anilines is 1. The van der Waals surface area contributed by atoms with Crippen LogP contribution in [0, 0.1) is 19.8 Å². The molecule has 0 bridgehead atoms. The molecule has 9 nitrogen and oxygen atoms in total. The summed E-state index contributed by atoms with van der Waals surface area (Å²) in [5.74, 6) is 2.21. The maximum Gasteiger partial charge on any atom is 0.369 e. The second-order valence-electron chi connectivity index (χ2n) is 7.39. The Balaban J connectivity index is 1.30. The molecule has 3 aromatic heterocycles. The van der Waals surface area contributed by atoms with E-state index < -0.39 is 5.97 Å². The molecule has 0 aromatic carbocycles. The van der Waals surface area contributed by atoms with Crippen molar-refractivity contribution < 1.29 is 14.3 Å². The summed E-state index contributed by atoms with van der Waals surface area (Å²) >= 11 is 1.19. The van der Waals surface area contributed by atoms with Crippen LogP contribution in [0.25, 0.3) is 0 Å². The molecule has 3 aromatic rings. The maximum absolute atomic E-state index is 11.7. The molecule has 0 radical (unpaired) electrons. The van der Waals surface area contributed by atoms with Gasteiger partial charge in [0.2, 0.25) is 10.9 Å². The van der Waals surface area contributed by atoms with Gasteiger partial charge in [-0.2, -0.15) is 4.98 Å². The van der Waals surface area contributed by atoms with Gasteiger partial charge in [0, 0.05) is 29.8 Å². The molecule has 0 amide bonds. The predicted molar refractivity (Wildman–Crippen MR) is 115 cm³/mol. The van der Waals surface area contributed by atoms with Crippen molar-refractivity contribution in [3.8, 4) is 5.88 Å². The Morgan fingerprint density at radius 2 is 2.13 bits per heavy atom. The van der Waals surface area contributed by atoms with E-state index in [4.69, 9.17) is 9.47 Å². The molecule has 1 saturated carbocycles. The van der Waals surface area contributed by atoms with Gasteiger partial charge in [-0.15, -0.1) is 10.2 Å². The van der Waals surface area contributed by atoms with Crippen LogP contribution in [-0.2, 0) is 11.3 Å². The van der Waals surface area contributed by atoms with Gasteiger partial charge in [-0.25, -0.2) is 9.78 Å². The van der Waals surface area contributed by atoms with Crippen molar-refractivity contribution in [2.75, 3.05) is 18.5 Å². The number of carbonyl (C=O) groups is 1. The zero-order chi connectivity index (χ0) is 21.8. The van der Waals surface area contributed by atoms with Crippen LogP contribution in [0.3, 0.4) is 0 Å². The van der Waals surface area contributed by atoms with E-state index in [1.54, 1.807) is 13.0 Å². The minimum absolute atomic E-state index is 0.239. The van der Waals surface area contributed by atoms with Crippen LogP contribution in [0.5, 0.6) is 5.88 Å². The number of carbonyl (C=O) groups excluding carboxylic acids is 1. The Morgan fingerprint density at radius 3 is 2.90 bits per heavy atom. The van der Waals surface area contributed by atoms with Crippen molar-refractivity contribution in [3.63, 3.8) is 0 Å². The number of aryl methyl sites for hydroxylation is 2. The third-order valence-corrected chi connectivity index (χ3v) is 5.74. The number of nitrogens with one attached hydrogen (secondary N) is 1. The standard InChI is InChI=1S/C21H24N6O3S/c1-4-29-21(28)20-27-26-19(31-20)10-23-17-8-18(25-13(3)24-17)30-11-14-7-15(14)16-6-5-12(2)9-22-16/h5-6,8-9,14-15H,4,7,10-11H2,1-3H3,(H,23,24,25). The van der Waals surface area contributed by atoms with Crippen molar-refractivity contribution in [3.05, 3.63) is 51.5 Å². The zero-order valence-electron chi connectivity index (χ0n) is 17.7. The van der Waals surface area contributed by atoms with E-state index in [0.717, 1.165) is 12.1 Å². The van der Waals surface area contributed by atoms with Gasteiger partial charge < -0.3 is 14.8 Å². The first-order valence-electron chi connectivity index (χ1n) is 10.2. The molecule has 0 saturated heterocycles. The highest BCUT2D eigenvalue weighted by Crippen LogP contribution is 2.46. The average Bonchev–Trinajstić information content (AvgIpc) is 3.37. The lowest BCUT2D eigenvalue weighted by Gasteiger charge is -2.09. The fourth-order valence-electron chi connectivity index (χ4n) is 3.16. The molecule has 1 fully saturated rings. The second kappa shape index (κ2) is 9.34. The smallest absolute Gasteiger partial charge is 0.369 e. The van der Waals surface area contributed by atoms with Crippen molar-refractivity contribution in [1.29, 1.82) is 0 Å². The maximum atomic E-state index is 11.7. The number of esters is 1. The van der Waals surface area contributed by atoms with Gasteiger partial charge in [0.25, 0.3) is 0 Å². The summed E-state index contributed by atoms with van der Waals surface area (Å²) in [5, 5.41) is 12.0. The molecule has 0 aliphatic heterocycles. The lowest BCUT2D eigenvalue weighted by Crippen LogP contribution is -2.07. The van der Waals surface area contributed by atoms with E-state index >= 15 is 0 Å². The summed E-state index contributed by atoms with van der Waals surface area (Å²) in [5.41, 5.74) is 2.29. The SMILES string of the molecule is CCOC(=O)c1nnc(CNc2cc(OCC3CC3c3ccc(C)cn3)nc(C)n2)s1. The summed E-state index contributed by atoms with van der Waals surface area (Å²) in [4.78, 5) is 25.0. The molecule has 162 valence electrons. The van der Waals surface area contributed by atoms with Gasteiger partial charge in [0.1, 0.15) is 16.6 Å². The summed E-state index contributed by atoms with van der Waals surface area (Å²) in [7, 11) is 0. The number of ether oxygens (including phenoxy) is 2. The number of hydrogen-bond acceptors (Lipinski definition) is 10. The Morgan fingerprint density at radius 1 is 1.26 bits per heavy atom. The Kier molecular flexibility index (Phi) is 6.36. The van der Waals surface area contributed by atoms with E-state index in [2.05, 4.69) is 42.6 Å². The van der Waals surface area contributed by atoms with E-state index in [1.807, 2.05) is 20.0 Å². The summed E-state index contributed by atoms with van der Waals surface area (Å²) < 4.78 is 10.9. The minimum atomic E-state index is -0.459. The van der Waals surface area contributed by atoms with Gasteiger partial charge in [0.05, 0.1) is 19.8 Å². The van der Waals surface area contributed by atoms with E-state index in [-0.39, 0.29) is 5.01 Å². The van der Waals surface area contributed by atoms with Gasteiger partial charge in [-0.1, -0.05) is 17.4 Å². The predicted octanol–water partition coefficient (Wildman–Crippen LogP) is 3.31. The van der Waals surface area contributed by atoms with Crippen LogP contribution in [-0.4, -0.2) is 44.3 Å². The molecule has 4 rings (SSSR count). The van der Waals surface area contributed by atoms with Gasteiger partial charge in [-0.3, -0.25) is 4.98 Å². The van der Waals surface area contributed by atoms with Crippen LogP contribution < -0.4 is 10.1 Å². The number of pyridine rings is 1. The van der Waals surface area contributed by atoms with Crippen molar-refractivity contribution in [1.82, 2.24) is 25.1 Å². The first-order valence-corrected chi connectivity index (χ1v) is 11.0. The quantitative estimate of drug-likeness (QED) is 0.501. The highest BCUT2D eigenvalue weighted by Gasteiger charge is 2.40. The van der Waals surface area contributed by atoms with E-state index in [9.17, 15) is 4.79 Å². The number of hydrogen-bond donors (Lipinski definition) is 1. The lowest BCUT2D eigenvalue weighted by molar-refractivity contribution is 0.0525. The molecule has 1 aliphatic rings. The summed E-state index contributed by atoms with van der Waals surface area (Å²) in [6.07, 6.45) is 2.98. The monoisotopic (exact) mass is 440 g/mol. The molecule has 1 aliphatic carbocycles. The molecule has 2 unspecified atom stereocenters. The third kappa shape index (κ3) is 5.52. The Hall–Kier alpha value is -3.14. The topological polar surface area (TPSA) is 112 Å². The Bertz CT molecular complexity index is 1060. The molecule has 3 heterocycles. The number of nitrogens with zero attached hydrogens (tertiary/aromatic N) is 5. The molecule has 10 heteroatoms. The lowest BCUT2D eigenvalue weighted by atomic mass is 10.2. The van der Waals surface area contributed by atoms with Crippen molar-refractivity contribution >= 4 is 23.1 Å². The first-order chi connectivity index (χ1) is 15.0. The van der Waals surface area contributed by atoms with Crippen molar-refractivity contribution in [2.45, 2.75) is 39.7 Å². The second-order valence-corrected chi connectivity index (χ2v) is 8.45. The number of rotatable bonds is 9. The van der Waals surface area contributed by atoms with E-state index in [1.165, 1.54) is 16.9 Å². The molecule has 31 heavy (non-hydrogen) atoms. The molecular formula is C21H24N6O3S. The largest absolute Gasteiger partial charge is 0.477 e. The minimum Gasteiger partial charge on any atom is -0.477 e. The van der Waals surface area contributed by atoms with Crippen LogP contribution in [0.1, 0.15) is 51.2 Å². The first kappa shape index (κ1) is 21.1. The molecule has 1 N–H and O–H groups in total. The van der Waals surface area contributed by atoms with Gasteiger partial charge >= 0.3 is 5.97 Å². The fraction of sp³-hybridized carbons (Fsp3) is 0.429. The van der Waals surface area contributed by atoms with E-state index in [0.29, 0.717) is 54.1 Å². The third-order valence-electron chi connectivity index (χ3n) is 4.83. The number of aromatic nitrogens is 5. The molecule has 0 spiro atoms.